The number of oxazole rings is 1. The standard InChI is InChI=1S/C15H11BrN2O2/c1-19-11-4-2-10(3-5-11)14-9-18-15(20-14)12-6-7-17-8-13(12)16/h2-9H,1H3. The van der Waals surface area contributed by atoms with Gasteiger partial charge in [0.05, 0.1) is 18.9 Å². The summed E-state index contributed by atoms with van der Waals surface area (Å²) in [6.45, 7) is 0. The first kappa shape index (κ1) is 12.9. The van der Waals surface area contributed by atoms with Gasteiger partial charge in [-0.05, 0) is 46.3 Å². The lowest BCUT2D eigenvalue weighted by molar-refractivity contribution is 0.415. The first-order chi connectivity index (χ1) is 9.78. The summed E-state index contributed by atoms with van der Waals surface area (Å²) in [5.74, 6) is 2.09. The number of aromatic nitrogens is 2. The molecule has 0 unspecified atom stereocenters. The molecule has 0 saturated carbocycles. The van der Waals surface area contributed by atoms with Crippen LogP contribution in [0.4, 0.5) is 0 Å². The molecule has 3 aromatic rings. The Morgan fingerprint density at radius 2 is 1.90 bits per heavy atom. The normalized spacial score (nSPS) is 10.5. The Labute approximate surface area is 124 Å². The van der Waals surface area contributed by atoms with Crippen molar-refractivity contribution in [3.05, 3.63) is 53.4 Å². The topological polar surface area (TPSA) is 48.2 Å². The van der Waals surface area contributed by atoms with Gasteiger partial charge in [-0.2, -0.15) is 0 Å². The molecule has 20 heavy (non-hydrogen) atoms. The summed E-state index contributed by atoms with van der Waals surface area (Å²) in [5.41, 5.74) is 1.83. The number of halogens is 1. The first-order valence-corrected chi connectivity index (χ1v) is 6.77. The fourth-order valence-corrected chi connectivity index (χ4v) is 2.26. The van der Waals surface area contributed by atoms with Crippen LogP contribution in [0.5, 0.6) is 5.75 Å². The average Bonchev–Trinajstić information content (AvgIpc) is 2.97. The van der Waals surface area contributed by atoms with E-state index in [1.807, 2.05) is 30.3 Å². The van der Waals surface area contributed by atoms with E-state index >= 15 is 0 Å². The monoisotopic (exact) mass is 330 g/mol. The van der Waals surface area contributed by atoms with E-state index in [-0.39, 0.29) is 0 Å². The molecule has 0 N–H and O–H groups in total. The van der Waals surface area contributed by atoms with Crippen LogP contribution in [0.3, 0.4) is 0 Å². The summed E-state index contributed by atoms with van der Waals surface area (Å²) < 4.78 is 11.8. The minimum atomic E-state index is 0.560. The molecule has 1 aromatic carbocycles. The molecule has 2 aromatic heterocycles. The molecule has 0 fully saturated rings. The lowest BCUT2D eigenvalue weighted by atomic mass is 10.2. The summed E-state index contributed by atoms with van der Waals surface area (Å²) in [5, 5.41) is 0. The number of benzene rings is 1. The highest BCUT2D eigenvalue weighted by Gasteiger charge is 2.11. The molecule has 0 aliphatic heterocycles. The van der Waals surface area contributed by atoms with Crippen molar-refractivity contribution in [1.29, 1.82) is 0 Å². The minimum Gasteiger partial charge on any atom is -0.497 e. The lowest BCUT2D eigenvalue weighted by Crippen LogP contribution is -1.81. The Kier molecular flexibility index (Phi) is 3.52. The maximum absolute atomic E-state index is 5.80. The second kappa shape index (κ2) is 5.46. The molecule has 4 nitrogen and oxygen atoms in total. The molecule has 0 aliphatic carbocycles. The van der Waals surface area contributed by atoms with Crippen molar-refractivity contribution in [2.45, 2.75) is 0 Å². The maximum atomic E-state index is 5.80. The van der Waals surface area contributed by atoms with Crippen molar-refractivity contribution in [3.8, 4) is 28.5 Å². The average molecular weight is 331 g/mol. The molecule has 5 heteroatoms. The van der Waals surface area contributed by atoms with E-state index in [2.05, 4.69) is 25.9 Å². The zero-order valence-corrected chi connectivity index (χ0v) is 12.3. The number of pyridine rings is 1. The molecule has 0 amide bonds. The van der Waals surface area contributed by atoms with Gasteiger partial charge in [0.15, 0.2) is 5.76 Å². The van der Waals surface area contributed by atoms with Crippen molar-refractivity contribution in [1.82, 2.24) is 9.97 Å². The van der Waals surface area contributed by atoms with Crippen LogP contribution in [0.2, 0.25) is 0 Å². The molecule has 2 heterocycles. The van der Waals surface area contributed by atoms with Gasteiger partial charge in [-0.25, -0.2) is 4.98 Å². The Balaban J connectivity index is 1.95. The molecule has 0 saturated heterocycles. The van der Waals surface area contributed by atoms with Gasteiger partial charge < -0.3 is 9.15 Å². The van der Waals surface area contributed by atoms with Gasteiger partial charge in [0, 0.05) is 22.4 Å². The lowest BCUT2D eigenvalue weighted by Gasteiger charge is -2.00. The largest absolute Gasteiger partial charge is 0.497 e. The number of hydrogen-bond donors (Lipinski definition) is 0. The van der Waals surface area contributed by atoms with Crippen LogP contribution in [-0.2, 0) is 0 Å². The van der Waals surface area contributed by atoms with Crippen molar-refractivity contribution in [2.24, 2.45) is 0 Å². The van der Waals surface area contributed by atoms with Gasteiger partial charge in [-0.3, -0.25) is 4.98 Å². The third-order valence-electron chi connectivity index (χ3n) is 2.88. The van der Waals surface area contributed by atoms with Crippen molar-refractivity contribution in [3.63, 3.8) is 0 Å². The van der Waals surface area contributed by atoms with Gasteiger partial charge in [-0.1, -0.05) is 0 Å². The Hall–Kier alpha value is -2.14. The van der Waals surface area contributed by atoms with Crippen LogP contribution < -0.4 is 4.74 Å². The number of methoxy groups -OCH3 is 1. The molecule has 100 valence electrons. The number of ether oxygens (including phenoxy) is 1. The van der Waals surface area contributed by atoms with Crippen LogP contribution in [0.15, 0.2) is 57.8 Å². The number of rotatable bonds is 3. The Morgan fingerprint density at radius 3 is 2.60 bits per heavy atom. The Morgan fingerprint density at radius 1 is 1.10 bits per heavy atom. The first-order valence-electron chi connectivity index (χ1n) is 5.98. The SMILES string of the molecule is COc1ccc(-c2cnc(-c3ccncc3Br)o2)cc1. The second-order valence-corrected chi connectivity index (χ2v) is 4.97. The molecule has 0 spiro atoms. The molecule has 0 radical (unpaired) electrons. The fourth-order valence-electron chi connectivity index (χ4n) is 1.84. The van der Waals surface area contributed by atoms with E-state index < -0.39 is 0 Å². The summed E-state index contributed by atoms with van der Waals surface area (Å²) in [6, 6.07) is 9.50. The number of hydrogen-bond acceptors (Lipinski definition) is 4. The zero-order valence-electron chi connectivity index (χ0n) is 10.7. The van der Waals surface area contributed by atoms with E-state index in [1.54, 1.807) is 25.7 Å². The molecule has 0 bridgehead atoms. The van der Waals surface area contributed by atoms with E-state index in [0.717, 1.165) is 21.3 Å². The van der Waals surface area contributed by atoms with E-state index in [0.29, 0.717) is 11.7 Å². The van der Waals surface area contributed by atoms with Crippen molar-refractivity contribution in [2.75, 3.05) is 7.11 Å². The quantitative estimate of drug-likeness (QED) is 0.723. The smallest absolute Gasteiger partial charge is 0.227 e. The highest BCUT2D eigenvalue weighted by molar-refractivity contribution is 9.10. The number of nitrogens with zero attached hydrogens (tertiary/aromatic N) is 2. The zero-order chi connectivity index (χ0) is 13.9. The molecular formula is C15H11BrN2O2. The van der Waals surface area contributed by atoms with Crippen LogP contribution in [0.1, 0.15) is 0 Å². The van der Waals surface area contributed by atoms with Gasteiger partial charge in [0.1, 0.15) is 5.75 Å². The van der Waals surface area contributed by atoms with Crippen LogP contribution in [0.25, 0.3) is 22.8 Å². The van der Waals surface area contributed by atoms with Gasteiger partial charge >= 0.3 is 0 Å². The van der Waals surface area contributed by atoms with Crippen LogP contribution in [-0.4, -0.2) is 17.1 Å². The second-order valence-electron chi connectivity index (χ2n) is 4.11. The molecule has 0 aliphatic rings. The Bertz CT molecular complexity index is 723. The van der Waals surface area contributed by atoms with Crippen LogP contribution in [0, 0.1) is 0 Å². The van der Waals surface area contributed by atoms with Crippen LogP contribution >= 0.6 is 15.9 Å². The van der Waals surface area contributed by atoms with E-state index in [1.165, 1.54) is 0 Å². The predicted octanol–water partition coefficient (Wildman–Crippen LogP) is 4.17. The van der Waals surface area contributed by atoms with Crippen molar-refractivity contribution < 1.29 is 9.15 Å². The van der Waals surface area contributed by atoms with Gasteiger partial charge in [0.2, 0.25) is 5.89 Å². The van der Waals surface area contributed by atoms with Crippen molar-refractivity contribution >= 4 is 15.9 Å². The minimum absolute atomic E-state index is 0.560. The summed E-state index contributed by atoms with van der Waals surface area (Å²) in [6.07, 6.45) is 5.13. The van der Waals surface area contributed by atoms with E-state index in [4.69, 9.17) is 9.15 Å². The highest BCUT2D eigenvalue weighted by Crippen LogP contribution is 2.30. The third-order valence-corrected chi connectivity index (χ3v) is 3.52. The van der Waals surface area contributed by atoms with Gasteiger partial charge in [-0.15, -0.1) is 0 Å². The van der Waals surface area contributed by atoms with Gasteiger partial charge in [0.25, 0.3) is 0 Å². The fraction of sp³-hybridized carbons (Fsp3) is 0.0667. The molecule has 3 rings (SSSR count). The molecular weight excluding hydrogens is 320 g/mol. The maximum Gasteiger partial charge on any atom is 0.227 e. The summed E-state index contributed by atoms with van der Waals surface area (Å²) >= 11 is 3.44. The predicted molar refractivity (Wildman–Crippen MR) is 79.4 cm³/mol. The summed E-state index contributed by atoms with van der Waals surface area (Å²) in [4.78, 5) is 8.33. The molecule has 0 atom stereocenters. The highest BCUT2D eigenvalue weighted by atomic mass is 79.9. The van der Waals surface area contributed by atoms with E-state index in [9.17, 15) is 0 Å². The third kappa shape index (κ3) is 2.44. The summed E-state index contributed by atoms with van der Waals surface area (Å²) in [7, 11) is 1.64.